The van der Waals surface area contributed by atoms with Crippen molar-refractivity contribution < 1.29 is 23.8 Å². The van der Waals surface area contributed by atoms with Gasteiger partial charge < -0.3 is 14.3 Å². The monoisotopic (exact) mass is 390 g/mol. The van der Waals surface area contributed by atoms with Crippen molar-refractivity contribution >= 4 is 33.7 Å². The molecule has 146 valence electrons. The molecule has 7 nitrogen and oxygen atoms in total. The van der Waals surface area contributed by atoms with Gasteiger partial charge in [-0.25, -0.2) is 19.6 Å². The fraction of sp³-hybridized carbons (Fsp3) is 0.182. The maximum atomic E-state index is 12.9. The summed E-state index contributed by atoms with van der Waals surface area (Å²) in [6, 6.07) is 12.8. The first kappa shape index (κ1) is 18.6. The number of carbonyl (C=O) groups is 2. The number of ether oxygens (including phenoxy) is 1. The number of fused-ring (bicyclic) bond motifs is 2. The Kier molecular flexibility index (Phi) is 4.30. The molecule has 0 atom stereocenters. The molecular weight excluding hydrogens is 372 g/mol. The Hall–Kier alpha value is -3.74. The Morgan fingerprint density at radius 3 is 2.48 bits per heavy atom. The standard InChI is InChI=1S/C22H18N2O5/c1-22(2,3)29-21(27)15-9-13(19-24-18(11-28-19)20(25)26)10-17-14(15)8-12-6-4-5-7-16(12)23-17/h4-11H,1-3H3,(H,25,26). The Bertz CT molecular complexity index is 1270. The van der Waals surface area contributed by atoms with E-state index in [9.17, 15) is 9.59 Å². The third kappa shape index (κ3) is 3.67. The fourth-order valence-electron chi connectivity index (χ4n) is 3.01. The number of hydrogen-bond donors (Lipinski definition) is 1. The molecule has 0 aliphatic rings. The first-order valence-electron chi connectivity index (χ1n) is 8.97. The van der Waals surface area contributed by atoms with E-state index in [0.717, 1.165) is 17.2 Å². The summed E-state index contributed by atoms with van der Waals surface area (Å²) in [6.07, 6.45) is 1.06. The molecular formula is C22H18N2O5. The molecule has 1 N–H and O–H groups in total. The summed E-state index contributed by atoms with van der Waals surface area (Å²) in [6.45, 7) is 5.37. The number of hydrogen-bond acceptors (Lipinski definition) is 6. The fourth-order valence-corrected chi connectivity index (χ4v) is 3.01. The molecule has 0 unspecified atom stereocenters. The Balaban J connectivity index is 1.96. The van der Waals surface area contributed by atoms with E-state index in [2.05, 4.69) is 9.97 Å². The van der Waals surface area contributed by atoms with E-state index in [-0.39, 0.29) is 11.6 Å². The minimum Gasteiger partial charge on any atom is -0.476 e. The van der Waals surface area contributed by atoms with Crippen molar-refractivity contribution in [3.05, 3.63) is 60.0 Å². The van der Waals surface area contributed by atoms with Crippen LogP contribution in [0.3, 0.4) is 0 Å². The van der Waals surface area contributed by atoms with Crippen LogP contribution in [0.1, 0.15) is 41.6 Å². The SMILES string of the molecule is CC(C)(C)OC(=O)c1cc(-c2nc(C(=O)O)co2)cc2nc3ccccc3cc12. The van der Waals surface area contributed by atoms with Crippen LogP contribution in [0.2, 0.25) is 0 Å². The zero-order valence-electron chi connectivity index (χ0n) is 16.1. The summed E-state index contributed by atoms with van der Waals surface area (Å²) in [7, 11) is 0. The number of carboxylic acid groups (broad SMARTS) is 1. The highest BCUT2D eigenvalue weighted by molar-refractivity contribution is 6.08. The first-order chi connectivity index (χ1) is 13.7. The molecule has 0 aliphatic heterocycles. The van der Waals surface area contributed by atoms with Gasteiger partial charge in [-0.3, -0.25) is 0 Å². The number of esters is 1. The number of oxazole rings is 1. The number of aromatic nitrogens is 2. The van der Waals surface area contributed by atoms with Crippen molar-refractivity contribution in [1.29, 1.82) is 0 Å². The molecule has 0 saturated carbocycles. The highest BCUT2D eigenvalue weighted by Gasteiger charge is 2.23. The van der Waals surface area contributed by atoms with Gasteiger partial charge in [0, 0.05) is 16.3 Å². The lowest BCUT2D eigenvalue weighted by atomic mass is 10.0. The summed E-state index contributed by atoms with van der Waals surface area (Å²) in [5.74, 6) is -1.62. The van der Waals surface area contributed by atoms with Crippen LogP contribution in [0.4, 0.5) is 0 Å². The second-order valence-corrected chi connectivity index (χ2v) is 7.62. The summed E-state index contributed by atoms with van der Waals surface area (Å²) in [5, 5.41) is 10.6. The van der Waals surface area contributed by atoms with Crippen molar-refractivity contribution in [2.75, 3.05) is 0 Å². The van der Waals surface area contributed by atoms with Gasteiger partial charge in [-0.05, 0) is 45.0 Å². The van der Waals surface area contributed by atoms with E-state index in [1.807, 2.05) is 30.3 Å². The van der Waals surface area contributed by atoms with Gasteiger partial charge in [0.2, 0.25) is 5.89 Å². The van der Waals surface area contributed by atoms with Crippen LogP contribution in [-0.4, -0.2) is 32.6 Å². The molecule has 0 saturated heterocycles. The molecule has 0 radical (unpaired) electrons. The average Bonchev–Trinajstić information content (AvgIpc) is 3.14. The topological polar surface area (TPSA) is 103 Å². The molecule has 0 aliphatic carbocycles. The summed E-state index contributed by atoms with van der Waals surface area (Å²) < 4.78 is 10.9. The number of carbonyl (C=O) groups excluding carboxylic acids is 1. The largest absolute Gasteiger partial charge is 0.476 e. The highest BCUT2D eigenvalue weighted by Crippen LogP contribution is 2.30. The second kappa shape index (κ2) is 6.70. The molecule has 4 aromatic rings. The molecule has 7 heteroatoms. The van der Waals surface area contributed by atoms with E-state index in [1.54, 1.807) is 32.9 Å². The van der Waals surface area contributed by atoms with Crippen LogP contribution in [-0.2, 0) is 4.74 Å². The average molecular weight is 390 g/mol. The van der Waals surface area contributed by atoms with E-state index >= 15 is 0 Å². The lowest BCUT2D eigenvalue weighted by molar-refractivity contribution is 0.00716. The van der Waals surface area contributed by atoms with Gasteiger partial charge in [0.15, 0.2) is 5.69 Å². The quantitative estimate of drug-likeness (QED) is 0.400. The van der Waals surface area contributed by atoms with E-state index in [4.69, 9.17) is 14.3 Å². The Morgan fingerprint density at radius 2 is 1.79 bits per heavy atom. The summed E-state index contributed by atoms with van der Waals surface area (Å²) in [5.41, 5.74) is 1.17. The Labute approximate surface area is 166 Å². The van der Waals surface area contributed by atoms with Crippen molar-refractivity contribution in [3.63, 3.8) is 0 Å². The number of rotatable bonds is 3. The molecule has 0 spiro atoms. The van der Waals surface area contributed by atoms with Crippen LogP contribution >= 0.6 is 0 Å². The zero-order chi connectivity index (χ0) is 20.8. The maximum absolute atomic E-state index is 12.9. The predicted molar refractivity (Wildman–Crippen MR) is 107 cm³/mol. The van der Waals surface area contributed by atoms with Crippen LogP contribution in [0.5, 0.6) is 0 Å². The molecule has 2 aromatic carbocycles. The molecule has 0 amide bonds. The number of pyridine rings is 1. The third-order valence-corrected chi connectivity index (χ3v) is 4.22. The van der Waals surface area contributed by atoms with Gasteiger partial charge in [0.25, 0.3) is 0 Å². The van der Waals surface area contributed by atoms with E-state index in [0.29, 0.717) is 22.0 Å². The van der Waals surface area contributed by atoms with Crippen LogP contribution in [0, 0.1) is 0 Å². The molecule has 0 fully saturated rings. The molecule has 4 rings (SSSR count). The Morgan fingerprint density at radius 1 is 1.03 bits per heavy atom. The maximum Gasteiger partial charge on any atom is 0.357 e. The summed E-state index contributed by atoms with van der Waals surface area (Å²) >= 11 is 0. The number of nitrogens with zero attached hydrogens (tertiary/aromatic N) is 2. The van der Waals surface area contributed by atoms with Gasteiger partial charge in [-0.1, -0.05) is 18.2 Å². The van der Waals surface area contributed by atoms with Gasteiger partial charge in [-0.2, -0.15) is 0 Å². The third-order valence-electron chi connectivity index (χ3n) is 4.22. The normalized spacial score (nSPS) is 11.7. The van der Waals surface area contributed by atoms with Gasteiger partial charge in [0.05, 0.1) is 16.6 Å². The minimum absolute atomic E-state index is 0.0871. The number of aromatic carboxylic acids is 1. The summed E-state index contributed by atoms with van der Waals surface area (Å²) in [4.78, 5) is 32.7. The predicted octanol–water partition coefficient (Wildman–Crippen LogP) is 4.70. The van der Waals surface area contributed by atoms with Crippen molar-refractivity contribution in [2.24, 2.45) is 0 Å². The van der Waals surface area contributed by atoms with E-state index < -0.39 is 17.5 Å². The van der Waals surface area contributed by atoms with E-state index in [1.165, 1.54) is 0 Å². The smallest absolute Gasteiger partial charge is 0.357 e. The minimum atomic E-state index is -1.20. The van der Waals surface area contributed by atoms with Crippen molar-refractivity contribution in [3.8, 4) is 11.5 Å². The molecule has 0 bridgehead atoms. The number of para-hydroxylation sites is 1. The van der Waals surface area contributed by atoms with Crippen molar-refractivity contribution in [2.45, 2.75) is 26.4 Å². The lowest BCUT2D eigenvalue weighted by Crippen LogP contribution is -2.24. The molecule has 2 aromatic heterocycles. The highest BCUT2D eigenvalue weighted by atomic mass is 16.6. The second-order valence-electron chi connectivity index (χ2n) is 7.62. The lowest BCUT2D eigenvalue weighted by Gasteiger charge is -2.20. The van der Waals surface area contributed by atoms with Gasteiger partial charge in [-0.15, -0.1) is 0 Å². The molecule has 29 heavy (non-hydrogen) atoms. The number of carboxylic acids is 1. The van der Waals surface area contributed by atoms with Gasteiger partial charge in [0.1, 0.15) is 11.9 Å². The zero-order valence-corrected chi connectivity index (χ0v) is 16.1. The van der Waals surface area contributed by atoms with Crippen LogP contribution < -0.4 is 0 Å². The molecule has 2 heterocycles. The van der Waals surface area contributed by atoms with Crippen molar-refractivity contribution in [1.82, 2.24) is 9.97 Å². The van der Waals surface area contributed by atoms with Crippen LogP contribution in [0.15, 0.2) is 53.1 Å². The van der Waals surface area contributed by atoms with Gasteiger partial charge >= 0.3 is 11.9 Å². The van der Waals surface area contributed by atoms with Crippen LogP contribution in [0.25, 0.3) is 33.3 Å². The first-order valence-corrected chi connectivity index (χ1v) is 8.97. The number of benzene rings is 2.